The Bertz CT molecular complexity index is 1070. The molecule has 0 unspecified atom stereocenters. The van der Waals surface area contributed by atoms with Crippen LogP contribution in [0, 0.1) is 0 Å². The van der Waals surface area contributed by atoms with Crippen molar-refractivity contribution in [2.75, 3.05) is 5.32 Å². The fourth-order valence-corrected chi connectivity index (χ4v) is 3.49. The van der Waals surface area contributed by atoms with E-state index in [-0.39, 0.29) is 28.3 Å². The standard InChI is InChI=1S/C19H17N3O4S/c1-3-22-18(24)17(20-14-10-27-9-13(14)19(25)26)15(11(2)23)16(21-22)12-7-5-4-6-8-12/h4-10,20H,3H2,1-2H3,(H,25,26). The average molecular weight is 383 g/mol. The first-order valence-corrected chi connectivity index (χ1v) is 9.16. The van der Waals surface area contributed by atoms with Crippen LogP contribution in [0.3, 0.4) is 0 Å². The van der Waals surface area contributed by atoms with Gasteiger partial charge in [-0.25, -0.2) is 9.48 Å². The third-order valence-electron chi connectivity index (χ3n) is 4.01. The van der Waals surface area contributed by atoms with E-state index >= 15 is 0 Å². The first-order valence-electron chi connectivity index (χ1n) is 8.22. The van der Waals surface area contributed by atoms with Crippen molar-refractivity contribution >= 4 is 34.5 Å². The lowest BCUT2D eigenvalue weighted by atomic mass is 10.0. The molecule has 8 heteroatoms. The number of Topliss-reactive ketones (excluding diaryl/α,β-unsaturated/α-hetero) is 1. The molecule has 3 aromatic rings. The zero-order chi connectivity index (χ0) is 19.6. The fraction of sp³-hybridized carbons (Fsp3) is 0.158. The summed E-state index contributed by atoms with van der Waals surface area (Å²) in [5, 5.41) is 19.6. The summed E-state index contributed by atoms with van der Waals surface area (Å²) < 4.78 is 1.25. The van der Waals surface area contributed by atoms with Crippen molar-refractivity contribution in [3.63, 3.8) is 0 Å². The maximum atomic E-state index is 12.9. The van der Waals surface area contributed by atoms with E-state index < -0.39 is 11.5 Å². The van der Waals surface area contributed by atoms with Crippen LogP contribution in [0.4, 0.5) is 11.4 Å². The summed E-state index contributed by atoms with van der Waals surface area (Å²) in [7, 11) is 0. The van der Waals surface area contributed by atoms with Crippen LogP contribution in [0.5, 0.6) is 0 Å². The van der Waals surface area contributed by atoms with Gasteiger partial charge in [0, 0.05) is 22.9 Å². The fourth-order valence-electron chi connectivity index (χ4n) is 2.74. The highest BCUT2D eigenvalue weighted by Gasteiger charge is 2.23. The summed E-state index contributed by atoms with van der Waals surface area (Å²) in [6.07, 6.45) is 0. The lowest BCUT2D eigenvalue weighted by Gasteiger charge is -2.16. The van der Waals surface area contributed by atoms with Gasteiger partial charge in [-0.15, -0.1) is 11.3 Å². The number of anilines is 2. The lowest BCUT2D eigenvalue weighted by molar-refractivity contribution is 0.0698. The number of rotatable bonds is 6. The van der Waals surface area contributed by atoms with Gasteiger partial charge in [0.15, 0.2) is 5.78 Å². The van der Waals surface area contributed by atoms with E-state index in [9.17, 15) is 19.5 Å². The van der Waals surface area contributed by atoms with Crippen molar-refractivity contribution in [3.8, 4) is 11.3 Å². The Kier molecular flexibility index (Phi) is 5.18. The number of carbonyl (C=O) groups is 2. The molecule has 0 aliphatic heterocycles. The molecule has 0 aliphatic rings. The molecule has 0 aliphatic carbocycles. The molecule has 2 N–H and O–H groups in total. The highest BCUT2D eigenvalue weighted by molar-refractivity contribution is 7.08. The van der Waals surface area contributed by atoms with Crippen molar-refractivity contribution < 1.29 is 14.7 Å². The van der Waals surface area contributed by atoms with Crippen molar-refractivity contribution in [3.05, 3.63) is 62.6 Å². The number of carboxylic acid groups (broad SMARTS) is 1. The molecule has 0 bridgehead atoms. The molecule has 0 saturated carbocycles. The first-order chi connectivity index (χ1) is 12.9. The number of carbonyl (C=O) groups excluding carboxylic acids is 1. The number of thiophene rings is 1. The SMILES string of the molecule is CCn1nc(-c2ccccc2)c(C(C)=O)c(Nc2cscc2C(=O)O)c1=O. The van der Waals surface area contributed by atoms with Crippen LogP contribution in [0.15, 0.2) is 45.9 Å². The van der Waals surface area contributed by atoms with E-state index in [1.54, 1.807) is 24.4 Å². The second-order valence-electron chi connectivity index (χ2n) is 5.77. The maximum absolute atomic E-state index is 12.9. The largest absolute Gasteiger partial charge is 0.478 e. The van der Waals surface area contributed by atoms with Gasteiger partial charge in [0.1, 0.15) is 11.4 Å². The Balaban J connectivity index is 2.28. The molecule has 0 fully saturated rings. The van der Waals surface area contributed by atoms with E-state index in [0.29, 0.717) is 17.8 Å². The van der Waals surface area contributed by atoms with Gasteiger partial charge in [0.2, 0.25) is 0 Å². The highest BCUT2D eigenvalue weighted by Crippen LogP contribution is 2.30. The van der Waals surface area contributed by atoms with E-state index in [1.165, 1.54) is 28.3 Å². The maximum Gasteiger partial charge on any atom is 0.338 e. The molecule has 27 heavy (non-hydrogen) atoms. The van der Waals surface area contributed by atoms with E-state index in [4.69, 9.17) is 0 Å². The van der Waals surface area contributed by atoms with Crippen LogP contribution < -0.4 is 10.9 Å². The number of carboxylic acids is 1. The molecule has 2 heterocycles. The van der Waals surface area contributed by atoms with Crippen molar-refractivity contribution in [1.82, 2.24) is 9.78 Å². The minimum absolute atomic E-state index is 0.0269. The average Bonchev–Trinajstić information content (AvgIpc) is 3.12. The molecular weight excluding hydrogens is 366 g/mol. The van der Waals surface area contributed by atoms with Crippen LogP contribution in [-0.2, 0) is 6.54 Å². The normalized spacial score (nSPS) is 10.6. The smallest absolute Gasteiger partial charge is 0.338 e. The van der Waals surface area contributed by atoms with Gasteiger partial charge in [0.05, 0.1) is 16.8 Å². The zero-order valence-electron chi connectivity index (χ0n) is 14.7. The molecule has 0 atom stereocenters. The van der Waals surface area contributed by atoms with E-state index in [1.807, 2.05) is 18.2 Å². The number of nitrogens with one attached hydrogen (secondary N) is 1. The first kappa shape index (κ1) is 18.5. The predicted molar refractivity (Wildman–Crippen MR) is 104 cm³/mol. The minimum atomic E-state index is -1.11. The van der Waals surface area contributed by atoms with Gasteiger partial charge in [0.25, 0.3) is 5.56 Å². The molecule has 3 rings (SSSR count). The zero-order valence-corrected chi connectivity index (χ0v) is 15.5. The van der Waals surface area contributed by atoms with Crippen molar-refractivity contribution in [2.45, 2.75) is 20.4 Å². The molecule has 0 amide bonds. The number of hydrogen-bond acceptors (Lipinski definition) is 6. The van der Waals surface area contributed by atoms with Gasteiger partial charge in [-0.05, 0) is 13.8 Å². The monoisotopic (exact) mass is 383 g/mol. The van der Waals surface area contributed by atoms with E-state index in [2.05, 4.69) is 10.4 Å². The van der Waals surface area contributed by atoms with Crippen LogP contribution in [0.1, 0.15) is 34.6 Å². The van der Waals surface area contributed by atoms with Crippen LogP contribution >= 0.6 is 11.3 Å². The molecule has 138 valence electrons. The number of aromatic nitrogens is 2. The minimum Gasteiger partial charge on any atom is -0.478 e. The number of nitrogens with zero attached hydrogens (tertiary/aromatic N) is 2. The lowest BCUT2D eigenvalue weighted by Crippen LogP contribution is -2.28. The van der Waals surface area contributed by atoms with Gasteiger partial charge >= 0.3 is 5.97 Å². The summed E-state index contributed by atoms with van der Waals surface area (Å²) in [5.41, 5.74) is 1.05. The van der Waals surface area contributed by atoms with Crippen molar-refractivity contribution in [1.29, 1.82) is 0 Å². The summed E-state index contributed by atoms with van der Waals surface area (Å²) >= 11 is 1.19. The second kappa shape index (κ2) is 7.55. The second-order valence-corrected chi connectivity index (χ2v) is 6.51. The Morgan fingerprint density at radius 1 is 1.22 bits per heavy atom. The molecule has 7 nitrogen and oxygen atoms in total. The Hall–Kier alpha value is -3.26. The third-order valence-corrected chi connectivity index (χ3v) is 4.75. The third kappa shape index (κ3) is 3.52. The Labute approximate surface area is 158 Å². The van der Waals surface area contributed by atoms with Crippen LogP contribution in [-0.4, -0.2) is 26.6 Å². The number of aromatic carboxylic acids is 1. The highest BCUT2D eigenvalue weighted by atomic mass is 32.1. The van der Waals surface area contributed by atoms with Crippen LogP contribution in [0.25, 0.3) is 11.3 Å². The molecule has 0 saturated heterocycles. The van der Waals surface area contributed by atoms with Crippen LogP contribution in [0.2, 0.25) is 0 Å². The van der Waals surface area contributed by atoms with Gasteiger partial charge in [-0.1, -0.05) is 30.3 Å². The summed E-state index contributed by atoms with van der Waals surface area (Å²) in [6, 6.07) is 9.08. The predicted octanol–water partition coefficient (Wildman–Crippen LogP) is 3.64. The Morgan fingerprint density at radius 3 is 2.52 bits per heavy atom. The van der Waals surface area contributed by atoms with E-state index in [0.717, 1.165) is 0 Å². The number of ketones is 1. The van der Waals surface area contributed by atoms with Gasteiger partial charge < -0.3 is 10.4 Å². The summed E-state index contributed by atoms with van der Waals surface area (Å²) in [5.74, 6) is -1.45. The topological polar surface area (TPSA) is 101 Å². The quantitative estimate of drug-likeness (QED) is 0.630. The molecule has 0 radical (unpaired) electrons. The molecular formula is C19H17N3O4S. The number of aryl methyl sites for hydroxylation is 1. The van der Waals surface area contributed by atoms with Crippen molar-refractivity contribution in [2.24, 2.45) is 0 Å². The number of hydrogen-bond donors (Lipinski definition) is 2. The molecule has 2 aromatic heterocycles. The molecule has 0 spiro atoms. The Morgan fingerprint density at radius 2 is 1.93 bits per heavy atom. The van der Waals surface area contributed by atoms with Gasteiger partial charge in [-0.3, -0.25) is 9.59 Å². The summed E-state index contributed by atoms with van der Waals surface area (Å²) in [4.78, 5) is 36.7. The summed E-state index contributed by atoms with van der Waals surface area (Å²) in [6.45, 7) is 3.44. The molecule has 1 aromatic carbocycles. The van der Waals surface area contributed by atoms with Gasteiger partial charge in [-0.2, -0.15) is 5.10 Å². The number of benzene rings is 1.